The third-order valence-electron chi connectivity index (χ3n) is 2.93. The molecule has 2 aromatic rings. The number of carboxylic acids is 1. The molecule has 1 aromatic heterocycles. The third kappa shape index (κ3) is 4.44. The summed E-state index contributed by atoms with van der Waals surface area (Å²) in [5.41, 5.74) is 1.88. The first-order valence-electron chi connectivity index (χ1n) is 7.14. The van der Waals surface area contributed by atoms with Gasteiger partial charge in [-0.25, -0.2) is 9.78 Å². The van der Waals surface area contributed by atoms with Gasteiger partial charge in [0.1, 0.15) is 5.82 Å². The van der Waals surface area contributed by atoms with E-state index in [-0.39, 0.29) is 5.56 Å². The number of nitrogens with zero attached hydrogens (tertiary/aromatic N) is 2. The van der Waals surface area contributed by atoms with Crippen LogP contribution in [0.4, 0.5) is 17.5 Å². The number of rotatable bonds is 6. The molecule has 6 heteroatoms. The van der Waals surface area contributed by atoms with Crippen molar-refractivity contribution in [3.8, 4) is 0 Å². The Labute approximate surface area is 129 Å². The fourth-order valence-electron chi connectivity index (χ4n) is 1.85. The largest absolute Gasteiger partial charge is 0.478 e. The van der Waals surface area contributed by atoms with Crippen LogP contribution in [0.5, 0.6) is 0 Å². The summed E-state index contributed by atoms with van der Waals surface area (Å²) in [4.78, 5) is 19.6. The van der Waals surface area contributed by atoms with Gasteiger partial charge in [-0.05, 0) is 37.1 Å². The Morgan fingerprint density at radius 1 is 1.23 bits per heavy atom. The molecule has 0 amide bonds. The van der Waals surface area contributed by atoms with E-state index in [2.05, 4.69) is 34.4 Å². The Morgan fingerprint density at radius 2 is 1.91 bits per heavy atom. The maximum Gasteiger partial charge on any atom is 0.335 e. The molecule has 0 aliphatic rings. The van der Waals surface area contributed by atoms with E-state index < -0.39 is 5.97 Å². The number of aromatic carboxylic acids is 1. The van der Waals surface area contributed by atoms with Crippen molar-refractivity contribution >= 4 is 23.4 Å². The number of nitrogens with one attached hydrogen (secondary N) is 2. The van der Waals surface area contributed by atoms with Crippen LogP contribution in [0, 0.1) is 12.8 Å². The summed E-state index contributed by atoms with van der Waals surface area (Å²) in [6, 6.07) is 8.36. The molecule has 3 N–H and O–H groups in total. The summed E-state index contributed by atoms with van der Waals surface area (Å²) in [6.45, 7) is 6.94. The van der Waals surface area contributed by atoms with Gasteiger partial charge in [-0.2, -0.15) is 4.98 Å². The third-order valence-corrected chi connectivity index (χ3v) is 2.93. The van der Waals surface area contributed by atoms with E-state index in [1.54, 1.807) is 24.3 Å². The zero-order valence-corrected chi connectivity index (χ0v) is 12.9. The van der Waals surface area contributed by atoms with Crippen molar-refractivity contribution in [3.05, 3.63) is 41.6 Å². The van der Waals surface area contributed by atoms with Crippen LogP contribution in [0.25, 0.3) is 0 Å². The van der Waals surface area contributed by atoms with Crippen molar-refractivity contribution in [2.24, 2.45) is 5.92 Å². The van der Waals surface area contributed by atoms with Crippen LogP contribution in [0.2, 0.25) is 0 Å². The molecular formula is C16H20N4O2. The highest BCUT2D eigenvalue weighted by molar-refractivity contribution is 5.88. The molecule has 6 nitrogen and oxygen atoms in total. The first kappa shape index (κ1) is 15.8. The summed E-state index contributed by atoms with van der Waals surface area (Å²) >= 11 is 0. The second-order valence-corrected chi connectivity index (χ2v) is 5.50. The van der Waals surface area contributed by atoms with E-state index in [0.717, 1.165) is 17.9 Å². The smallest absolute Gasteiger partial charge is 0.335 e. The first-order valence-corrected chi connectivity index (χ1v) is 7.14. The van der Waals surface area contributed by atoms with E-state index in [0.29, 0.717) is 17.7 Å². The highest BCUT2D eigenvalue weighted by Gasteiger charge is 2.05. The topological polar surface area (TPSA) is 87.1 Å². The second kappa shape index (κ2) is 6.89. The number of aromatic nitrogens is 2. The van der Waals surface area contributed by atoms with Gasteiger partial charge in [0.2, 0.25) is 5.95 Å². The summed E-state index contributed by atoms with van der Waals surface area (Å²) in [5.74, 6) is 0.814. The van der Waals surface area contributed by atoms with Crippen LogP contribution in [0.3, 0.4) is 0 Å². The average Bonchev–Trinajstić information content (AvgIpc) is 2.45. The molecule has 2 rings (SSSR count). The van der Waals surface area contributed by atoms with Gasteiger partial charge in [0.25, 0.3) is 0 Å². The van der Waals surface area contributed by atoms with Crippen LogP contribution < -0.4 is 10.6 Å². The van der Waals surface area contributed by atoms with Gasteiger partial charge in [-0.3, -0.25) is 0 Å². The van der Waals surface area contributed by atoms with Gasteiger partial charge in [0.15, 0.2) is 0 Å². The minimum absolute atomic E-state index is 0.253. The normalized spacial score (nSPS) is 10.5. The van der Waals surface area contributed by atoms with Gasteiger partial charge in [-0.15, -0.1) is 0 Å². The SMILES string of the molecule is Cc1cc(Nc2ccc(C(=O)O)cc2)nc(NCC(C)C)n1. The molecule has 116 valence electrons. The molecule has 0 aliphatic heterocycles. The summed E-state index contributed by atoms with van der Waals surface area (Å²) in [5, 5.41) is 15.2. The predicted octanol–water partition coefficient (Wildman–Crippen LogP) is 3.29. The van der Waals surface area contributed by atoms with Gasteiger partial charge >= 0.3 is 5.97 Å². The molecule has 0 saturated carbocycles. The van der Waals surface area contributed by atoms with E-state index in [9.17, 15) is 4.79 Å². The molecule has 22 heavy (non-hydrogen) atoms. The number of carbonyl (C=O) groups is 1. The lowest BCUT2D eigenvalue weighted by molar-refractivity contribution is 0.0697. The van der Waals surface area contributed by atoms with Crippen molar-refractivity contribution in [1.29, 1.82) is 0 Å². The maximum absolute atomic E-state index is 10.8. The van der Waals surface area contributed by atoms with Crippen molar-refractivity contribution in [2.75, 3.05) is 17.2 Å². The van der Waals surface area contributed by atoms with E-state index in [4.69, 9.17) is 5.11 Å². The van der Waals surface area contributed by atoms with Crippen LogP contribution in [0.1, 0.15) is 29.9 Å². The van der Waals surface area contributed by atoms with E-state index >= 15 is 0 Å². The van der Waals surface area contributed by atoms with Crippen LogP contribution in [-0.2, 0) is 0 Å². The molecule has 1 heterocycles. The maximum atomic E-state index is 10.8. The molecule has 1 aromatic carbocycles. The first-order chi connectivity index (χ1) is 10.4. The van der Waals surface area contributed by atoms with Crippen molar-refractivity contribution < 1.29 is 9.90 Å². The Balaban J connectivity index is 2.13. The second-order valence-electron chi connectivity index (χ2n) is 5.50. The number of aryl methyl sites for hydroxylation is 1. The van der Waals surface area contributed by atoms with Gasteiger partial charge in [-0.1, -0.05) is 13.8 Å². The van der Waals surface area contributed by atoms with Crippen LogP contribution in [-0.4, -0.2) is 27.6 Å². The van der Waals surface area contributed by atoms with Crippen molar-refractivity contribution in [2.45, 2.75) is 20.8 Å². The average molecular weight is 300 g/mol. The van der Waals surface area contributed by atoms with Crippen LogP contribution in [0.15, 0.2) is 30.3 Å². The Hall–Kier alpha value is -2.63. The highest BCUT2D eigenvalue weighted by Crippen LogP contribution is 2.17. The van der Waals surface area contributed by atoms with Gasteiger partial charge in [0, 0.05) is 24.0 Å². The fourth-order valence-corrected chi connectivity index (χ4v) is 1.85. The molecule has 0 atom stereocenters. The highest BCUT2D eigenvalue weighted by atomic mass is 16.4. The van der Waals surface area contributed by atoms with Gasteiger partial charge < -0.3 is 15.7 Å². The number of hydrogen-bond donors (Lipinski definition) is 3. The molecule has 0 saturated heterocycles. The monoisotopic (exact) mass is 300 g/mol. The van der Waals surface area contributed by atoms with Crippen molar-refractivity contribution in [3.63, 3.8) is 0 Å². The Bertz CT molecular complexity index is 654. The molecule has 0 bridgehead atoms. The Kier molecular flexibility index (Phi) is 4.93. The summed E-state index contributed by atoms with van der Waals surface area (Å²) in [6.07, 6.45) is 0. The molecular weight excluding hydrogens is 280 g/mol. The molecule has 0 aliphatic carbocycles. The minimum Gasteiger partial charge on any atom is -0.478 e. The number of benzene rings is 1. The molecule has 0 radical (unpaired) electrons. The lowest BCUT2D eigenvalue weighted by Crippen LogP contribution is -2.11. The van der Waals surface area contributed by atoms with E-state index in [1.807, 2.05) is 13.0 Å². The number of anilines is 3. The molecule has 0 fully saturated rings. The quantitative estimate of drug-likeness (QED) is 0.758. The zero-order valence-electron chi connectivity index (χ0n) is 12.9. The zero-order chi connectivity index (χ0) is 16.1. The summed E-state index contributed by atoms with van der Waals surface area (Å²) in [7, 11) is 0. The minimum atomic E-state index is -0.940. The van der Waals surface area contributed by atoms with Crippen LogP contribution >= 0.6 is 0 Å². The van der Waals surface area contributed by atoms with Crippen molar-refractivity contribution in [1.82, 2.24) is 9.97 Å². The molecule has 0 spiro atoms. The number of carboxylic acid groups (broad SMARTS) is 1. The fraction of sp³-hybridized carbons (Fsp3) is 0.312. The number of hydrogen-bond acceptors (Lipinski definition) is 5. The standard InChI is InChI=1S/C16H20N4O2/c1-10(2)9-17-16-18-11(3)8-14(20-16)19-13-6-4-12(5-7-13)15(21)22/h4-8,10H,9H2,1-3H3,(H,21,22)(H2,17,18,19,20). The lowest BCUT2D eigenvalue weighted by Gasteiger charge is -2.11. The molecule has 0 unspecified atom stereocenters. The Morgan fingerprint density at radius 3 is 2.50 bits per heavy atom. The van der Waals surface area contributed by atoms with Gasteiger partial charge in [0.05, 0.1) is 5.56 Å². The summed E-state index contributed by atoms with van der Waals surface area (Å²) < 4.78 is 0. The van der Waals surface area contributed by atoms with E-state index in [1.165, 1.54) is 0 Å². The lowest BCUT2D eigenvalue weighted by atomic mass is 10.2. The predicted molar refractivity (Wildman–Crippen MR) is 86.8 cm³/mol.